The second-order valence-electron chi connectivity index (χ2n) is 7.77. The fourth-order valence-electron chi connectivity index (χ4n) is 2.83. The molecule has 1 unspecified atom stereocenters. The van der Waals surface area contributed by atoms with Gasteiger partial charge < -0.3 is 9.84 Å². The number of rotatable bonds is 10. The molecule has 0 heterocycles. The van der Waals surface area contributed by atoms with E-state index in [0.29, 0.717) is 18.8 Å². The van der Waals surface area contributed by atoms with E-state index in [9.17, 15) is 14.7 Å². The third-order valence-electron chi connectivity index (χ3n) is 3.77. The summed E-state index contributed by atoms with van der Waals surface area (Å²) in [6.07, 6.45) is 2.12. The van der Waals surface area contributed by atoms with E-state index in [-0.39, 0.29) is 17.9 Å². The van der Waals surface area contributed by atoms with Crippen molar-refractivity contribution < 1.29 is 19.4 Å². The summed E-state index contributed by atoms with van der Waals surface area (Å²) < 4.78 is 5.51. The molecule has 0 saturated carbocycles. The van der Waals surface area contributed by atoms with E-state index in [1.54, 1.807) is 0 Å². The van der Waals surface area contributed by atoms with E-state index in [2.05, 4.69) is 13.8 Å². The summed E-state index contributed by atoms with van der Waals surface area (Å²) in [5.74, 6) is -0.854. The van der Waals surface area contributed by atoms with E-state index in [4.69, 9.17) is 4.74 Å². The zero-order valence-electron chi connectivity index (χ0n) is 15.3. The zero-order chi connectivity index (χ0) is 17.5. The summed E-state index contributed by atoms with van der Waals surface area (Å²) in [5, 5.41) is 9.72. The Morgan fingerprint density at radius 1 is 0.864 bits per heavy atom. The SMILES string of the molecule is CC(C)CCC(C)OC(=O)C(CC(C)C)(CC(C)C)C(=O)O. The number of esters is 1. The maximum Gasteiger partial charge on any atom is 0.323 e. The maximum absolute atomic E-state index is 12.6. The van der Waals surface area contributed by atoms with Crippen LogP contribution in [0, 0.1) is 23.2 Å². The summed E-state index contributed by atoms with van der Waals surface area (Å²) >= 11 is 0. The lowest BCUT2D eigenvalue weighted by molar-refractivity contribution is -0.175. The van der Waals surface area contributed by atoms with Crippen LogP contribution in [0.15, 0.2) is 0 Å². The van der Waals surface area contributed by atoms with Gasteiger partial charge in [0, 0.05) is 0 Å². The van der Waals surface area contributed by atoms with Crippen molar-refractivity contribution >= 4 is 11.9 Å². The lowest BCUT2D eigenvalue weighted by Gasteiger charge is -2.31. The Balaban J connectivity index is 5.13. The maximum atomic E-state index is 12.6. The van der Waals surface area contributed by atoms with Crippen molar-refractivity contribution in [3.63, 3.8) is 0 Å². The van der Waals surface area contributed by atoms with Crippen molar-refractivity contribution in [2.45, 2.75) is 80.3 Å². The van der Waals surface area contributed by atoms with E-state index in [1.807, 2.05) is 34.6 Å². The highest BCUT2D eigenvalue weighted by Gasteiger charge is 2.48. The standard InChI is InChI=1S/C18H34O4/c1-12(2)8-9-15(7)22-17(21)18(16(19)20,10-13(3)4)11-14(5)6/h12-15H,8-11H2,1-7H3,(H,19,20). The van der Waals surface area contributed by atoms with Crippen LogP contribution in [-0.4, -0.2) is 23.1 Å². The smallest absolute Gasteiger partial charge is 0.323 e. The van der Waals surface area contributed by atoms with Crippen LogP contribution >= 0.6 is 0 Å². The molecule has 1 atom stereocenters. The first-order valence-corrected chi connectivity index (χ1v) is 8.45. The van der Waals surface area contributed by atoms with Crippen LogP contribution in [-0.2, 0) is 14.3 Å². The van der Waals surface area contributed by atoms with E-state index in [0.717, 1.165) is 12.8 Å². The molecule has 0 bridgehead atoms. The summed E-state index contributed by atoms with van der Waals surface area (Å²) in [7, 11) is 0. The molecule has 4 nitrogen and oxygen atoms in total. The molecule has 0 fully saturated rings. The lowest BCUT2D eigenvalue weighted by atomic mass is 9.74. The first kappa shape index (κ1) is 20.9. The van der Waals surface area contributed by atoms with Crippen molar-refractivity contribution in [3.05, 3.63) is 0 Å². The molecule has 1 N–H and O–H groups in total. The van der Waals surface area contributed by atoms with E-state index >= 15 is 0 Å². The topological polar surface area (TPSA) is 63.6 Å². The van der Waals surface area contributed by atoms with Gasteiger partial charge in [-0.05, 0) is 50.4 Å². The fourth-order valence-corrected chi connectivity index (χ4v) is 2.83. The third-order valence-corrected chi connectivity index (χ3v) is 3.77. The Kier molecular flexibility index (Phi) is 8.72. The van der Waals surface area contributed by atoms with Crippen molar-refractivity contribution in [1.29, 1.82) is 0 Å². The Bertz CT molecular complexity index is 348. The molecule has 0 spiro atoms. The molecule has 0 aromatic rings. The van der Waals surface area contributed by atoms with Gasteiger partial charge in [0.1, 0.15) is 0 Å². The number of hydrogen-bond donors (Lipinski definition) is 1. The summed E-state index contributed by atoms with van der Waals surface area (Å²) in [5.41, 5.74) is -1.42. The Morgan fingerprint density at radius 3 is 1.64 bits per heavy atom. The van der Waals surface area contributed by atoms with Gasteiger partial charge in [-0.3, -0.25) is 9.59 Å². The zero-order valence-corrected chi connectivity index (χ0v) is 15.3. The van der Waals surface area contributed by atoms with Crippen molar-refractivity contribution in [2.24, 2.45) is 23.2 Å². The minimum absolute atomic E-state index is 0.119. The minimum atomic E-state index is -1.42. The molecular weight excluding hydrogens is 280 g/mol. The average molecular weight is 314 g/mol. The predicted octanol–water partition coefficient (Wildman–Crippen LogP) is 4.52. The van der Waals surface area contributed by atoms with Gasteiger partial charge in [-0.2, -0.15) is 0 Å². The van der Waals surface area contributed by atoms with Crippen molar-refractivity contribution in [1.82, 2.24) is 0 Å². The normalized spacial score (nSPS) is 13.7. The molecule has 0 aromatic carbocycles. The average Bonchev–Trinajstić information content (AvgIpc) is 2.33. The second kappa shape index (κ2) is 9.16. The van der Waals surface area contributed by atoms with Gasteiger partial charge in [0.2, 0.25) is 0 Å². The molecule has 0 aliphatic carbocycles. The van der Waals surface area contributed by atoms with Gasteiger partial charge in [0.25, 0.3) is 0 Å². The Hall–Kier alpha value is -1.06. The summed E-state index contributed by atoms with van der Waals surface area (Å²) in [4.78, 5) is 24.5. The molecule has 0 aromatic heterocycles. The molecule has 0 saturated heterocycles. The highest BCUT2D eigenvalue weighted by atomic mass is 16.5. The monoisotopic (exact) mass is 314 g/mol. The van der Waals surface area contributed by atoms with Crippen molar-refractivity contribution in [3.8, 4) is 0 Å². The highest BCUT2D eigenvalue weighted by molar-refractivity contribution is 5.99. The molecule has 22 heavy (non-hydrogen) atoms. The van der Waals surface area contributed by atoms with Crippen LogP contribution < -0.4 is 0 Å². The Labute approximate surface area is 135 Å². The van der Waals surface area contributed by atoms with Crippen LogP contribution in [0.1, 0.15) is 74.1 Å². The number of carbonyl (C=O) groups is 2. The number of ether oxygens (including phenoxy) is 1. The molecule has 4 heteroatoms. The molecular formula is C18H34O4. The van der Waals surface area contributed by atoms with Gasteiger partial charge in [-0.25, -0.2) is 0 Å². The van der Waals surface area contributed by atoms with Gasteiger partial charge in [-0.15, -0.1) is 0 Å². The van der Waals surface area contributed by atoms with Gasteiger partial charge >= 0.3 is 11.9 Å². The van der Waals surface area contributed by atoms with Crippen molar-refractivity contribution in [2.75, 3.05) is 0 Å². The molecule has 0 aliphatic rings. The summed E-state index contributed by atoms with van der Waals surface area (Å²) in [6.45, 7) is 13.8. The van der Waals surface area contributed by atoms with Gasteiger partial charge in [0.15, 0.2) is 5.41 Å². The molecule has 0 rings (SSSR count). The van der Waals surface area contributed by atoms with Crippen LogP contribution in [0.5, 0.6) is 0 Å². The molecule has 130 valence electrons. The predicted molar refractivity (Wildman–Crippen MR) is 88.6 cm³/mol. The van der Waals surface area contributed by atoms with Crippen LogP contribution in [0.25, 0.3) is 0 Å². The van der Waals surface area contributed by atoms with Crippen LogP contribution in [0.3, 0.4) is 0 Å². The van der Waals surface area contributed by atoms with Gasteiger partial charge in [0.05, 0.1) is 6.10 Å². The first-order valence-electron chi connectivity index (χ1n) is 8.45. The largest absolute Gasteiger partial charge is 0.480 e. The number of aliphatic carboxylic acids is 1. The third kappa shape index (κ3) is 6.80. The fraction of sp³-hybridized carbons (Fsp3) is 0.889. The number of hydrogen-bond acceptors (Lipinski definition) is 3. The molecule has 0 radical (unpaired) electrons. The van der Waals surface area contributed by atoms with E-state index in [1.165, 1.54) is 0 Å². The lowest BCUT2D eigenvalue weighted by Crippen LogP contribution is -2.44. The molecule has 0 aliphatic heterocycles. The quantitative estimate of drug-likeness (QED) is 0.476. The highest BCUT2D eigenvalue weighted by Crippen LogP contribution is 2.36. The first-order chi connectivity index (χ1) is 10.0. The van der Waals surface area contributed by atoms with Crippen LogP contribution in [0.2, 0.25) is 0 Å². The minimum Gasteiger partial charge on any atom is -0.480 e. The summed E-state index contributed by atoms with van der Waals surface area (Å²) in [6, 6.07) is 0. The van der Waals surface area contributed by atoms with Crippen LogP contribution in [0.4, 0.5) is 0 Å². The van der Waals surface area contributed by atoms with Gasteiger partial charge in [-0.1, -0.05) is 41.5 Å². The van der Waals surface area contributed by atoms with E-state index < -0.39 is 17.4 Å². The second-order valence-corrected chi connectivity index (χ2v) is 7.77. The Morgan fingerprint density at radius 2 is 1.32 bits per heavy atom. The number of carboxylic acids is 1. The number of carboxylic acid groups (broad SMARTS) is 1. The number of carbonyl (C=O) groups excluding carboxylic acids is 1. The molecule has 0 amide bonds.